The molecule has 3 nitrogen and oxygen atoms in total. The molecule has 0 aromatic carbocycles. The zero-order chi connectivity index (χ0) is 9.68. The summed E-state index contributed by atoms with van der Waals surface area (Å²) in [4.78, 5) is 0. The van der Waals surface area contributed by atoms with Gasteiger partial charge in [-0.2, -0.15) is 0 Å². The molecule has 13 heavy (non-hydrogen) atoms. The second kappa shape index (κ2) is 4.84. The highest BCUT2D eigenvalue weighted by Crippen LogP contribution is 2.11. The first-order valence-corrected chi connectivity index (χ1v) is 4.34. The number of furan rings is 1. The van der Waals surface area contributed by atoms with E-state index < -0.39 is 6.10 Å². The molecule has 1 aromatic rings. The van der Waals surface area contributed by atoms with Gasteiger partial charge in [0.15, 0.2) is 0 Å². The van der Waals surface area contributed by atoms with Gasteiger partial charge in [-0.25, -0.2) is 0 Å². The Kier molecular flexibility index (Phi) is 3.73. The number of aliphatic hydroxyl groups excluding tert-OH is 1. The second-order valence-corrected chi connectivity index (χ2v) is 3.00. The molecule has 0 unspecified atom stereocenters. The van der Waals surface area contributed by atoms with Crippen molar-refractivity contribution < 1.29 is 9.52 Å². The van der Waals surface area contributed by atoms with Crippen LogP contribution in [-0.2, 0) is 0 Å². The van der Waals surface area contributed by atoms with Crippen LogP contribution in [0.3, 0.4) is 0 Å². The fourth-order valence-electron chi connectivity index (χ4n) is 1.08. The lowest BCUT2D eigenvalue weighted by atomic mass is 10.1. The summed E-state index contributed by atoms with van der Waals surface area (Å²) in [7, 11) is 0. The molecule has 1 aromatic heterocycles. The third-order valence-corrected chi connectivity index (χ3v) is 1.88. The highest BCUT2D eigenvalue weighted by molar-refractivity contribution is 5.47. The van der Waals surface area contributed by atoms with Crippen LogP contribution in [0.1, 0.15) is 19.1 Å². The molecule has 0 amide bonds. The summed E-state index contributed by atoms with van der Waals surface area (Å²) >= 11 is 0. The molecule has 0 spiro atoms. The van der Waals surface area contributed by atoms with Crippen LogP contribution in [0.25, 0.3) is 6.08 Å². The van der Waals surface area contributed by atoms with Crippen LogP contribution in [0.15, 0.2) is 28.4 Å². The zero-order valence-corrected chi connectivity index (χ0v) is 7.73. The SMILES string of the molecule is C/C(=C\c1ccco1)[C@H](O)CCN. The van der Waals surface area contributed by atoms with Crippen molar-refractivity contribution in [2.75, 3.05) is 6.54 Å². The Hall–Kier alpha value is -1.06. The van der Waals surface area contributed by atoms with E-state index in [1.54, 1.807) is 6.26 Å². The van der Waals surface area contributed by atoms with Gasteiger partial charge in [0.1, 0.15) is 5.76 Å². The molecular weight excluding hydrogens is 166 g/mol. The first-order valence-electron chi connectivity index (χ1n) is 4.34. The van der Waals surface area contributed by atoms with Gasteiger partial charge in [-0.15, -0.1) is 0 Å². The third-order valence-electron chi connectivity index (χ3n) is 1.88. The van der Waals surface area contributed by atoms with Crippen LogP contribution in [0.5, 0.6) is 0 Å². The van der Waals surface area contributed by atoms with E-state index in [0.29, 0.717) is 13.0 Å². The molecule has 3 heteroatoms. The van der Waals surface area contributed by atoms with E-state index in [0.717, 1.165) is 11.3 Å². The van der Waals surface area contributed by atoms with E-state index in [9.17, 15) is 5.11 Å². The molecule has 3 N–H and O–H groups in total. The van der Waals surface area contributed by atoms with Crippen molar-refractivity contribution >= 4 is 6.08 Å². The van der Waals surface area contributed by atoms with Gasteiger partial charge in [0.2, 0.25) is 0 Å². The van der Waals surface area contributed by atoms with Crippen molar-refractivity contribution in [3.8, 4) is 0 Å². The highest BCUT2D eigenvalue weighted by Gasteiger charge is 2.05. The van der Waals surface area contributed by atoms with Gasteiger partial charge in [0.05, 0.1) is 12.4 Å². The largest absolute Gasteiger partial charge is 0.465 e. The number of nitrogens with two attached hydrogens (primary N) is 1. The molecule has 0 saturated carbocycles. The summed E-state index contributed by atoms with van der Waals surface area (Å²) < 4.78 is 5.11. The number of hydrogen-bond donors (Lipinski definition) is 2. The first-order chi connectivity index (χ1) is 6.24. The summed E-state index contributed by atoms with van der Waals surface area (Å²) in [5, 5.41) is 9.53. The van der Waals surface area contributed by atoms with Crippen molar-refractivity contribution in [2.24, 2.45) is 5.73 Å². The summed E-state index contributed by atoms with van der Waals surface area (Å²) in [5.74, 6) is 0.758. The van der Waals surface area contributed by atoms with E-state index in [4.69, 9.17) is 10.2 Å². The Labute approximate surface area is 77.9 Å². The van der Waals surface area contributed by atoms with E-state index in [-0.39, 0.29) is 0 Å². The van der Waals surface area contributed by atoms with Crippen molar-refractivity contribution in [1.82, 2.24) is 0 Å². The molecule has 0 saturated heterocycles. The molecule has 0 bridgehead atoms. The number of rotatable bonds is 4. The van der Waals surface area contributed by atoms with Crippen molar-refractivity contribution in [2.45, 2.75) is 19.4 Å². The lowest BCUT2D eigenvalue weighted by Crippen LogP contribution is -2.14. The first kappa shape index (κ1) is 10.0. The van der Waals surface area contributed by atoms with Gasteiger partial charge in [-0.1, -0.05) is 0 Å². The van der Waals surface area contributed by atoms with Gasteiger partial charge >= 0.3 is 0 Å². The van der Waals surface area contributed by atoms with Crippen molar-refractivity contribution in [3.63, 3.8) is 0 Å². The lowest BCUT2D eigenvalue weighted by molar-refractivity contribution is 0.204. The standard InChI is InChI=1S/C10H15NO2/c1-8(10(12)4-5-11)7-9-3-2-6-13-9/h2-3,6-7,10,12H,4-5,11H2,1H3/b8-7+/t10-/m1/s1. The Morgan fingerprint density at radius 2 is 2.54 bits per heavy atom. The van der Waals surface area contributed by atoms with Crippen LogP contribution in [0.2, 0.25) is 0 Å². The average Bonchev–Trinajstić information content (AvgIpc) is 2.57. The quantitative estimate of drug-likeness (QED) is 0.738. The molecule has 0 aliphatic rings. The molecule has 72 valence electrons. The summed E-state index contributed by atoms with van der Waals surface area (Å²) in [6, 6.07) is 3.66. The van der Waals surface area contributed by atoms with E-state index in [2.05, 4.69) is 0 Å². The van der Waals surface area contributed by atoms with E-state index in [1.807, 2.05) is 25.1 Å². The summed E-state index contributed by atoms with van der Waals surface area (Å²) in [5.41, 5.74) is 6.21. The Balaban J connectivity index is 2.60. The Bertz CT molecular complexity index is 264. The predicted octanol–water partition coefficient (Wildman–Crippen LogP) is 1.39. The Morgan fingerprint density at radius 3 is 3.08 bits per heavy atom. The minimum Gasteiger partial charge on any atom is -0.465 e. The predicted molar refractivity (Wildman–Crippen MR) is 52.0 cm³/mol. The monoisotopic (exact) mass is 181 g/mol. The highest BCUT2D eigenvalue weighted by atomic mass is 16.3. The topological polar surface area (TPSA) is 59.4 Å². The fraction of sp³-hybridized carbons (Fsp3) is 0.400. The van der Waals surface area contributed by atoms with Gasteiger partial charge in [-0.05, 0) is 43.7 Å². The molecular formula is C10H15NO2. The Morgan fingerprint density at radius 1 is 1.77 bits per heavy atom. The summed E-state index contributed by atoms with van der Waals surface area (Å²) in [6.07, 6.45) is 3.55. The number of aliphatic hydroxyl groups is 1. The van der Waals surface area contributed by atoms with Crippen LogP contribution in [0, 0.1) is 0 Å². The number of hydrogen-bond acceptors (Lipinski definition) is 3. The van der Waals surface area contributed by atoms with Gasteiger partial charge < -0.3 is 15.3 Å². The van der Waals surface area contributed by atoms with Gasteiger partial charge in [0.25, 0.3) is 0 Å². The van der Waals surface area contributed by atoms with Crippen LogP contribution in [0.4, 0.5) is 0 Å². The van der Waals surface area contributed by atoms with Crippen LogP contribution >= 0.6 is 0 Å². The molecule has 0 fully saturated rings. The minimum absolute atomic E-state index is 0.463. The van der Waals surface area contributed by atoms with E-state index >= 15 is 0 Å². The molecule has 0 radical (unpaired) electrons. The smallest absolute Gasteiger partial charge is 0.126 e. The maximum absolute atomic E-state index is 9.53. The lowest BCUT2D eigenvalue weighted by Gasteiger charge is -2.08. The van der Waals surface area contributed by atoms with Crippen LogP contribution in [-0.4, -0.2) is 17.8 Å². The van der Waals surface area contributed by atoms with Gasteiger partial charge in [0, 0.05) is 0 Å². The molecule has 1 atom stereocenters. The van der Waals surface area contributed by atoms with Gasteiger partial charge in [-0.3, -0.25) is 0 Å². The molecule has 0 aliphatic heterocycles. The second-order valence-electron chi connectivity index (χ2n) is 3.00. The third kappa shape index (κ3) is 3.05. The van der Waals surface area contributed by atoms with Crippen LogP contribution < -0.4 is 5.73 Å². The fourth-order valence-corrected chi connectivity index (χ4v) is 1.08. The normalized spacial score (nSPS) is 14.5. The molecule has 1 rings (SSSR count). The molecule has 0 aliphatic carbocycles. The maximum Gasteiger partial charge on any atom is 0.126 e. The van der Waals surface area contributed by atoms with Crippen molar-refractivity contribution in [1.29, 1.82) is 0 Å². The minimum atomic E-state index is -0.463. The van der Waals surface area contributed by atoms with E-state index in [1.165, 1.54) is 0 Å². The summed E-state index contributed by atoms with van der Waals surface area (Å²) in [6.45, 7) is 2.35. The average molecular weight is 181 g/mol. The van der Waals surface area contributed by atoms with Crippen molar-refractivity contribution in [3.05, 3.63) is 29.7 Å². The maximum atomic E-state index is 9.53. The molecule has 1 heterocycles. The zero-order valence-electron chi connectivity index (χ0n) is 7.73.